The average Bonchev–Trinajstić information content (AvgIpc) is 2.90. The minimum absolute atomic E-state index is 0.0663. The highest BCUT2D eigenvalue weighted by Gasteiger charge is 2.18. The van der Waals surface area contributed by atoms with Gasteiger partial charge in [-0.2, -0.15) is 0 Å². The van der Waals surface area contributed by atoms with Gasteiger partial charge in [0.25, 0.3) is 0 Å². The van der Waals surface area contributed by atoms with Crippen molar-refractivity contribution in [3.05, 3.63) is 29.8 Å². The summed E-state index contributed by atoms with van der Waals surface area (Å²) in [6.07, 6.45) is 2.08. The molecule has 1 saturated heterocycles. The maximum absolute atomic E-state index is 11.8. The Bertz CT molecular complexity index is 379. The first-order valence-electron chi connectivity index (χ1n) is 6.31. The van der Waals surface area contributed by atoms with Crippen LogP contribution in [0.15, 0.2) is 24.3 Å². The van der Waals surface area contributed by atoms with Crippen LogP contribution in [0.5, 0.6) is 5.75 Å². The standard InChI is InChI=1S/C14H18O4/c1-2-16-12-7-5-11(6-8-12)14(15)18-10-13-4-3-9-17-13/h5-8,13H,2-4,9-10H2,1H3. The molecule has 98 valence electrons. The predicted molar refractivity (Wildman–Crippen MR) is 66.9 cm³/mol. The molecule has 0 amide bonds. The van der Waals surface area contributed by atoms with Crippen molar-refractivity contribution in [1.82, 2.24) is 0 Å². The van der Waals surface area contributed by atoms with Crippen molar-refractivity contribution >= 4 is 5.97 Å². The maximum atomic E-state index is 11.8. The van der Waals surface area contributed by atoms with Gasteiger partial charge in [0.1, 0.15) is 12.4 Å². The molecule has 0 bridgehead atoms. The first kappa shape index (κ1) is 12.9. The fraction of sp³-hybridized carbons (Fsp3) is 0.500. The van der Waals surface area contributed by atoms with Crippen molar-refractivity contribution in [3.8, 4) is 5.75 Å². The summed E-state index contributed by atoms with van der Waals surface area (Å²) in [5, 5.41) is 0. The van der Waals surface area contributed by atoms with Gasteiger partial charge in [0.15, 0.2) is 0 Å². The van der Waals surface area contributed by atoms with E-state index in [-0.39, 0.29) is 12.1 Å². The monoisotopic (exact) mass is 250 g/mol. The molecule has 4 heteroatoms. The highest BCUT2D eigenvalue weighted by Crippen LogP contribution is 2.15. The molecule has 4 nitrogen and oxygen atoms in total. The van der Waals surface area contributed by atoms with E-state index in [1.165, 1.54) is 0 Å². The number of ether oxygens (including phenoxy) is 3. The summed E-state index contributed by atoms with van der Waals surface area (Å²) in [6, 6.07) is 6.96. The third-order valence-electron chi connectivity index (χ3n) is 2.83. The lowest BCUT2D eigenvalue weighted by molar-refractivity contribution is 0.0161. The third-order valence-corrected chi connectivity index (χ3v) is 2.83. The van der Waals surface area contributed by atoms with Crippen molar-refractivity contribution in [1.29, 1.82) is 0 Å². The molecule has 0 radical (unpaired) electrons. The maximum Gasteiger partial charge on any atom is 0.338 e. The van der Waals surface area contributed by atoms with Crippen LogP contribution >= 0.6 is 0 Å². The molecule has 0 spiro atoms. The van der Waals surface area contributed by atoms with Gasteiger partial charge in [-0.05, 0) is 44.0 Å². The lowest BCUT2D eigenvalue weighted by Crippen LogP contribution is -2.17. The summed E-state index contributed by atoms with van der Waals surface area (Å²) in [5.74, 6) is 0.446. The summed E-state index contributed by atoms with van der Waals surface area (Å²) in [5.41, 5.74) is 0.538. The second-order valence-electron chi connectivity index (χ2n) is 4.19. The second-order valence-corrected chi connectivity index (χ2v) is 4.19. The third kappa shape index (κ3) is 3.47. The number of carbonyl (C=O) groups is 1. The fourth-order valence-electron chi connectivity index (χ4n) is 1.88. The van der Waals surface area contributed by atoms with Crippen molar-refractivity contribution in [3.63, 3.8) is 0 Å². The van der Waals surface area contributed by atoms with Gasteiger partial charge in [-0.15, -0.1) is 0 Å². The van der Waals surface area contributed by atoms with Gasteiger partial charge in [-0.1, -0.05) is 0 Å². The molecule has 1 aromatic rings. The summed E-state index contributed by atoms with van der Waals surface area (Å²) >= 11 is 0. The van der Waals surface area contributed by atoms with Crippen LogP contribution in [0.3, 0.4) is 0 Å². The fourth-order valence-corrected chi connectivity index (χ4v) is 1.88. The van der Waals surface area contributed by atoms with Crippen molar-refractivity contribution in [2.24, 2.45) is 0 Å². The summed E-state index contributed by atoms with van der Waals surface area (Å²) in [4.78, 5) is 11.8. The quantitative estimate of drug-likeness (QED) is 0.753. The Morgan fingerprint density at radius 3 is 2.78 bits per heavy atom. The van der Waals surface area contributed by atoms with E-state index in [4.69, 9.17) is 14.2 Å². The number of carbonyl (C=O) groups excluding carboxylic acids is 1. The van der Waals surface area contributed by atoms with E-state index in [0.717, 1.165) is 25.2 Å². The zero-order valence-electron chi connectivity index (χ0n) is 10.6. The molecule has 0 aromatic heterocycles. The van der Waals surface area contributed by atoms with Gasteiger partial charge in [-0.25, -0.2) is 4.79 Å². The van der Waals surface area contributed by atoms with E-state index in [1.54, 1.807) is 24.3 Å². The van der Waals surface area contributed by atoms with Crippen molar-refractivity contribution in [2.45, 2.75) is 25.9 Å². The van der Waals surface area contributed by atoms with Gasteiger partial charge in [0, 0.05) is 6.61 Å². The highest BCUT2D eigenvalue weighted by molar-refractivity contribution is 5.89. The largest absolute Gasteiger partial charge is 0.494 e. The SMILES string of the molecule is CCOc1ccc(C(=O)OCC2CCCO2)cc1. The Morgan fingerprint density at radius 2 is 2.17 bits per heavy atom. The average molecular weight is 250 g/mol. The number of benzene rings is 1. The van der Waals surface area contributed by atoms with Gasteiger partial charge in [0.05, 0.1) is 18.3 Å². The molecule has 1 heterocycles. The molecule has 0 N–H and O–H groups in total. The van der Waals surface area contributed by atoms with Crippen LogP contribution < -0.4 is 4.74 Å². The van der Waals surface area contributed by atoms with E-state index in [1.807, 2.05) is 6.92 Å². The Balaban J connectivity index is 1.83. The topological polar surface area (TPSA) is 44.8 Å². The molecule has 18 heavy (non-hydrogen) atoms. The van der Waals surface area contributed by atoms with Crippen LogP contribution in [0.2, 0.25) is 0 Å². The highest BCUT2D eigenvalue weighted by atomic mass is 16.6. The molecule has 1 aliphatic heterocycles. The van der Waals surface area contributed by atoms with Crippen LogP contribution in [0.4, 0.5) is 0 Å². The lowest BCUT2D eigenvalue weighted by Gasteiger charge is -2.10. The van der Waals surface area contributed by atoms with Crippen molar-refractivity contribution in [2.75, 3.05) is 19.8 Å². The van der Waals surface area contributed by atoms with Gasteiger partial charge >= 0.3 is 5.97 Å². The molecule has 2 rings (SSSR count). The molecular formula is C14H18O4. The number of hydrogen-bond donors (Lipinski definition) is 0. The van der Waals surface area contributed by atoms with Crippen LogP contribution in [0, 0.1) is 0 Å². The zero-order valence-corrected chi connectivity index (χ0v) is 10.6. The molecule has 0 saturated carbocycles. The molecule has 1 aliphatic rings. The van der Waals surface area contributed by atoms with E-state index in [9.17, 15) is 4.79 Å². The van der Waals surface area contributed by atoms with Crippen LogP contribution in [0.1, 0.15) is 30.1 Å². The number of esters is 1. The summed E-state index contributed by atoms with van der Waals surface area (Å²) in [6.45, 7) is 3.64. The van der Waals surface area contributed by atoms with Gasteiger partial charge < -0.3 is 14.2 Å². The normalized spacial score (nSPS) is 18.6. The second kappa shape index (κ2) is 6.40. The Hall–Kier alpha value is -1.55. The molecule has 0 aliphatic carbocycles. The van der Waals surface area contributed by atoms with Crippen LogP contribution in [-0.4, -0.2) is 31.9 Å². The first-order chi connectivity index (χ1) is 8.79. The van der Waals surface area contributed by atoms with E-state index in [0.29, 0.717) is 18.8 Å². The molecule has 1 unspecified atom stereocenters. The minimum atomic E-state index is -0.312. The van der Waals surface area contributed by atoms with Crippen molar-refractivity contribution < 1.29 is 19.0 Å². The van der Waals surface area contributed by atoms with Gasteiger partial charge in [-0.3, -0.25) is 0 Å². The Morgan fingerprint density at radius 1 is 1.39 bits per heavy atom. The predicted octanol–water partition coefficient (Wildman–Crippen LogP) is 2.42. The number of rotatable bonds is 5. The Kier molecular flexibility index (Phi) is 4.59. The summed E-state index contributed by atoms with van der Waals surface area (Å²) < 4.78 is 15.9. The van der Waals surface area contributed by atoms with Crippen LogP contribution in [0.25, 0.3) is 0 Å². The molecule has 1 aromatic carbocycles. The van der Waals surface area contributed by atoms with Crippen LogP contribution in [-0.2, 0) is 9.47 Å². The lowest BCUT2D eigenvalue weighted by atomic mass is 10.2. The minimum Gasteiger partial charge on any atom is -0.494 e. The summed E-state index contributed by atoms with van der Waals surface area (Å²) in [7, 11) is 0. The van der Waals surface area contributed by atoms with E-state index < -0.39 is 0 Å². The zero-order chi connectivity index (χ0) is 12.8. The first-order valence-corrected chi connectivity index (χ1v) is 6.31. The smallest absolute Gasteiger partial charge is 0.338 e. The van der Waals surface area contributed by atoms with E-state index >= 15 is 0 Å². The molecule has 1 atom stereocenters. The number of hydrogen-bond acceptors (Lipinski definition) is 4. The molecular weight excluding hydrogens is 232 g/mol. The van der Waals surface area contributed by atoms with E-state index in [2.05, 4.69) is 0 Å². The van der Waals surface area contributed by atoms with Gasteiger partial charge in [0.2, 0.25) is 0 Å². The Labute approximate surface area is 107 Å². The molecule has 1 fully saturated rings.